The van der Waals surface area contributed by atoms with Gasteiger partial charge in [-0.25, -0.2) is 8.42 Å². The molecule has 34 heavy (non-hydrogen) atoms. The second kappa shape index (κ2) is 10.0. The average molecular weight is 502 g/mol. The zero-order chi connectivity index (χ0) is 24.3. The van der Waals surface area contributed by atoms with E-state index < -0.39 is 14.9 Å². The number of para-hydroxylation sites is 1. The fraction of sp³-hybridized carbons (Fsp3) is 0.250. The fourth-order valence-electron chi connectivity index (χ4n) is 4.22. The van der Waals surface area contributed by atoms with Crippen molar-refractivity contribution in [2.45, 2.75) is 30.3 Å². The molecular formula is C24H24ClN3O5S. The monoisotopic (exact) mass is 501 g/mol. The number of aromatic hydroxyl groups is 1. The molecular weight excluding hydrogens is 478 g/mol. The van der Waals surface area contributed by atoms with Crippen LogP contribution in [-0.2, 0) is 16.6 Å². The third-order valence-electron chi connectivity index (χ3n) is 5.91. The third kappa shape index (κ3) is 5.16. The first-order valence-corrected chi connectivity index (χ1v) is 12.6. The zero-order valence-electron chi connectivity index (χ0n) is 18.2. The lowest BCUT2D eigenvalue weighted by molar-refractivity contribution is -0.385. The Balaban J connectivity index is 1.53. The normalized spacial score (nSPS) is 15.2. The minimum atomic E-state index is -3.81. The summed E-state index contributed by atoms with van der Waals surface area (Å²) in [6, 6.07) is 19.3. The maximum atomic E-state index is 13.6. The summed E-state index contributed by atoms with van der Waals surface area (Å²) in [5.41, 5.74) is 0.999. The number of sulfonamides is 1. The van der Waals surface area contributed by atoms with Crippen molar-refractivity contribution in [3.05, 3.63) is 93.5 Å². The van der Waals surface area contributed by atoms with E-state index in [1.54, 1.807) is 30.3 Å². The lowest BCUT2D eigenvalue weighted by atomic mass is 10.0. The molecule has 1 N–H and O–H groups in total. The number of nitro groups is 1. The van der Waals surface area contributed by atoms with Gasteiger partial charge in [0, 0.05) is 36.8 Å². The number of hydrogen-bond acceptors (Lipinski definition) is 6. The first-order valence-electron chi connectivity index (χ1n) is 10.8. The molecule has 8 nitrogen and oxygen atoms in total. The molecule has 1 heterocycles. The number of halogens is 1. The molecule has 4 rings (SSSR count). The first kappa shape index (κ1) is 24.0. The lowest BCUT2D eigenvalue weighted by Crippen LogP contribution is -2.47. The largest absolute Gasteiger partial charge is 0.502 e. The predicted molar refractivity (Wildman–Crippen MR) is 131 cm³/mol. The van der Waals surface area contributed by atoms with Crippen LogP contribution in [0.15, 0.2) is 77.7 Å². The number of nitrogens with zero attached hydrogens (tertiary/aromatic N) is 3. The Morgan fingerprint density at radius 2 is 1.68 bits per heavy atom. The summed E-state index contributed by atoms with van der Waals surface area (Å²) in [5.74, 6) is -0.363. The minimum absolute atomic E-state index is 0.180. The fourth-order valence-corrected chi connectivity index (χ4v) is 6.06. The summed E-state index contributed by atoms with van der Waals surface area (Å²) in [6.45, 7) is 1.72. The molecule has 0 unspecified atom stereocenters. The van der Waals surface area contributed by atoms with Gasteiger partial charge in [-0.05, 0) is 60.9 Å². The van der Waals surface area contributed by atoms with Crippen LogP contribution in [0.25, 0.3) is 0 Å². The van der Waals surface area contributed by atoms with Crippen LogP contribution in [0.3, 0.4) is 0 Å². The van der Waals surface area contributed by atoms with E-state index >= 15 is 0 Å². The van der Waals surface area contributed by atoms with E-state index in [-0.39, 0.29) is 22.4 Å². The number of likely N-dealkylation sites (tertiary alicyclic amines) is 1. The Bertz CT molecular complexity index is 1260. The summed E-state index contributed by atoms with van der Waals surface area (Å²) in [5, 5.41) is 21.3. The summed E-state index contributed by atoms with van der Waals surface area (Å²) in [7, 11) is -3.81. The van der Waals surface area contributed by atoms with Crippen LogP contribution < -0.4 is 4.31 Å². The van der Waals surface area contributed by atoms with E-state index in [4.69, 9.17) is 11.6 Å². The van der Waals surface area contributed by atoms with Crippen molar-refractivity contribution >= 4 is 33.0 Å². The van der Waals surface area contributed by atoms with Crippen LogP contribution in [0.4, 0.5) is 11.4 Å². The quantitative estimate of drug-likeness (QED) is 0.368. The number of nitro benzene ring substituents is 1. The Labute approximate surface area is 203 Å². The van der Waals surface area contributed by atoms with Gasteiger partial charge in [-0.3, -0.25) is 19.3 Å². The van der Waals surface area contributed by atoms with Crippen LogP contribution in [0.2, 0.25) is 5.02 Å². The summed E-state index contributed by atoms with van der Waals surface area (Å²) >= 11 is 5.96. The Hall–Kier alpha value is -3.14. The molecule has 0 aromatic heterocycles. The van der Waals surface area contributed by atoms with Crippen molar-refractivity contribution in [2.75, 3.05) is 17.4 Å². The van der Waals surface area contributed by atoms with Gasteiger partial charge in [0.15, 0.2) is 5.75 Å². The second-order valence-electron chi connectivity index (χ2n) is 8.18. The molecule has 10 heteroatoms. The van der Waals surface area contributed by atoms with E-state index in [0.717, 1.165) is 5.56 Å². The van der Waals surface area contributed by atoms with Crippen LogP contribution in [0.1, 0.15) is 18.4 Å². The van der Waals surface area contributed by atoms with Crippen LogP contribution in [0, 0.1) is 10.1 Å². The van der Waals surface area contributed by atoms with Crippen molar-refractivity contribution in [1.29, 1.82) is 0 Å². The highest BCUT2D eigenvalue weighted by atomic mass is 35.5. The van der Waals surface area contributed by atoms with Gasteiger partial charge < -0.3 is 5.11 Å². The molecule has 0 aliphatic carbocycles. The maximum absolute atomic E-state index is 13.6. The topological polar surface area (TPSA) is 104 Å². The molecule has 1 aliphatic heterocycles. The SMILES string of the molecule is O=[N+]([O-])c1cc(CN2CCC(N(c3ccccc3)S(=O)(=O)c3ccc(Cl)cc3)CC2)ccc1O. The number of benzene rings is 3. The lowest BCUT2D eigenvalue weighted by Gasteiger charge is -2.39. The second-order valence-corrected chi connectivity index (χ2v) is 10.4. The molecule has 0 saturated carbocycles. The molecule has 3 aromatic rings. The Morgan fingerprint density at radius 1 is 1.03 bits per heavy atom. The predicted octanol–water partition coefficient (Wildman–Crippen LogP) is 4.81. The summed E-state index contributed by atoms with van der Waals surface area (Å²) in [6.07, 6.45) is 1.20. The molecule has 0 spiro atoms. The van der Waals surface area contributed by atoms with Crippen LogP contribution in [-0.4, -0.2) is 42.5 Å². The molecule has 178 valence electrons. The van der Waals surface area contributed by atoms with Gasteiger partial charge in [-0.15, -0.1) is 0 Å². The molecule has 0 atom stereocenters. The molecule has 0 radical (unpaired) electrons. The first-order chi connectivity index (χ1) is 16.3. The van der Waals surface area contributed by atoms with Gasteiger partial charge in [0.05, 0.1) is 15.5 Å². The molecule has 3 aromatic carbocycles. The van der Waals surface area contributed by atoms with Crippen molar-refractivity contribution in [1.82, 2.24) is 4.90 Å². The van der Waals surface area contributed by atoms with Gasteiger partial charge in [-0.2, -0.15) is 0 Å². The molecule has 1 saturated heterocycles. The van der Waals surface area contributed by atoms with Gasteiger partial charge in [-0.1, -0.05) is 35.9 Å². The maximum Gasteiger partial charge on any atom is 0.311 e. The van der Waals surface area contributed by atoms with Gasteiger partial charge >= 0.3 is 5.69 Å². The van der Waals surface area contributed by atoms with E-state index in [9.17, 15) is 23.6 Å². The van der Waals surface area contributed by atoms with Crippen molar-refractivity contribution in [3.8, 4) is 5.75 Å². The highest BCUT2D eigenvalue weighted by Gasteiger charge is 2.34. The smallest absolute Gasteiger partial charge is 0.311 e. The zero-order valence-corrected chi connectivity index (χ0v) is 19.8. The standard InChI is InChI=1S/C24H24ClN3O5S/c25-19-7-9-22(10-8-19)34(32,33)27(20-4-2-1-3-5-20)21-12-14-26(15-13-21)17-18-6-11-24(29)23(16-18)28(30)31/h1-11,16,21,29H,12-15,17H2. The van der Waals surface area contributed by atoms with Crippen LogP contribution in [0.5, 0.6) is 5.75 Å². The number of piperidine rings is 1. The number of hydrogen-bond donors (Lipinski definition) is 1. The number of rotatable bonds is 7. The van der Waals surface area contributed by atoms with Crippen molar-refractivity contribution < 1.29 is 18.4 Å². The van der Waals surface area contributed by atoms with E-state index in [0.29, 0.717) is 43.2 Å². The van der Waals surface area contributed by atoms with E-state index in [1.165, 1.54) is 28.6 Å². The van der Waals surface area contributed by atoms with Crippen molar-refractivity contribution in [2.24, 2.45) is 0 Å². The highest BCUT2D eigenvalue weighted by Crippen LogP contribution is 2.32. The Morgan fingerprint density at radius 3 is 2.29 bits per heavy atom. The number of phenolic OH excluding ortho intramolecular Hbond substituents is 1. The van der Waals surface area contributed by atoms with Gasteiger partial charge in [0.1, 0.15) is 0 Å². The number of anilines is 1. The minimum Gasteiger partial charge on any atom is -0.502 e. The molecule has 0 bridgehead atoms. The Kier molecular flexibility index (Phi) is 7.06. The average Bonchev–Trinajstić information content (AvgIpc) is 2.82. The van der Waals surface area contributed by atoms with E-state index in [1.807, 2.05) is 18.2 Å². The molecule has 1 fully saturated rings. The van der Waals surface area contributed by atoms with Gasteiger partial charge in [0.2, 0.25) is 0 Å². The molecule has 1 aliphatic rings. The highest BCUT2D eigenvalue weighted by molar-refractivity contribution is 7.92. The third-order valence-corrected chi connectivity index (χ3v) is 8.06. The molecule has 0 amide bonds. The number of phenols is 1. The summed E-state index contributed by atoms with van der Waals surface area (Å²) in [4.78, 5) is 12.8. The van der Waals surface area contributed by atoms with Crippen molar-refractivity contribution in [3.63, 3.8) is 0 Å². The summed E-state index contributed by atoms with van der Waals surface area (Å²) < 4.78 is 28.8. The van der Waals surface area contributed by atoms with Gasteiger partial charge in [0.25, 0.3) is 10.0 Å². The van der Waals surface area contributed by atoms with Crippen LogP contribution >= 0.6 is 11.6 Å². The van der Waals surface area contributed by atoms with E-state index in [2.05, 4.69) is 4.90 Å².